The quantitative estimate of drug-likeness (QED) is 0.561. The van der Waals surface area contributed by atoms with E-state index in [1.54, 1.807) is 6.92 Å². The lowest BCUT2D eigenvalue weighted by atomic mass is 10.4. The second-order valence-corrected chi connectivity index (χ2v) is 1.50. The Morgan fingerprint density at radius 1 is 1.88 bits per heavy atom. The van der Waals surface area contributed by atoms with E-state index in [1.165, 1.54) is 0 Å². The van der Waals surface area contributed by atoms with Crippen molar-refractivity contribution in [1.82, 2.24) is 0 Å². The van der Waals surface area contributed by atoms with Crippen molar-refractivity contribution in [2.45, 2.75) is 20.0 Å². The normalized spacial score (nSPS) is 13.2. The van der Waals surface area contributed by atoms with Crippen molar-refractivity contribution in [2.24, 2.45) is 5.73 Å². The SMILES string of the molecule is CCOC(C)C(N)=O. The second kappa shape index (κ2) is 3.43. The number of hydrogen-bond acceptors (Lipinski definition) is 2. The summed E-state index contributed by atoms with van der Waals surface area (Å²) in [6, 6.07) is 0. The molecule has 0 radical (unpaired) electrons. The molecule has 0 saturated heterocycles. The summed E-state index contributed by atoms with van der Waals surface area (Å²) in [6.07, 6.45) is -0.444. The molecule has 0 aromatic heterocycles. The summed E-state index contributed by atoms with van der Waals surface area (Å²) in [6.45, 7) is 3.98. The summed E-state index contributed by atoms with van der Waals surface area (Å²) in [4.78, 5) is 10.2. The van der Waals surface area contributed by atoms with Crippen LogP contribution in [0.25, 0.3) is 0 Å². The van der Waals surface area contributed by atoms with Crippen molar-refractivity contribution in [3.05, 3.63) is 0 Å². The minimum atomic E-state index is -0.444. The summed E-state index contributed by atoms with van der Waals surface area (Å²) >= 11 is 0. The van der Waals surface area contributed by atoms with E-state index in [0.29, 0.717) is 6.61 Å². The van der Waals surface area contributed by atoms with Crippen LogP contribution in [0.15, 0.2) is 0 Å². The van der Waals surface area contributed by atoms with Crippen LogP contribution in [-0.2, 0) is 9.53 Å². The van der Waals surface area contributed by atoms with Gasteiger partial charge in [0.15, 0.2) is 0 Å². The van der Waals surface area contributed by atoms with E-state index >= 15 is 0 Å². The van der Waals surface area contributed by atoms with Crippen LogP contribution < -0.4 is 5.73 Å². The molecule has 0 rings (SSSR count). The first-order valence-electron chi connectivity index (χ1n) is 2.59. The Kier molecular flexibility index (Phi) is 3.19. The Bertz CT molecular complexity index is 82.5. The molecule has 48 valence electrons. The summed E-state index contributed by atoms with van der Waals surface area (Å²) in [5.74, 6) is -0.410. The highest BCUT2D eigenvalue weighted by Crippen LogP contribution is 1.85. The van der Waals surface area contributed by atoms with E-state index in [0.717, 1.165) is 0 Å². The fourth-order valence-corrected chi connectivity index (χ4v) is 0.332. The Balaban J connectivity index is 3.32. The molecule has 0 fully saturated rings. The third-order valence-corrected chi connectivity index (χ3v) is 0.817. The number of ether oxygens (including phenoxy) is 1. The number of hydrogen-bond donors (Lipinski definition) is 1. The maximum absolute atomic E-state index is 10.2. The predicted octanol–water partition coefficient (Wildman–Crippen LogP) is -0.103. The predicted molar refractivity (Wildman–Crippen MR) is 30.3 cm³/mol. The maximum Gasteiger partial charge on any atom is 0.246 e. The largest absolute Gasteiger partial charge is 0.369 e. The van der Waals surface area contributed by atoms with Crippen molar-refractivity contribution in [2.75, 3.05) is 6.61 Å². The van der Waals surface area contributed by atoms with Gasteiger partial charge in [-0.25, -0.2) is 0 Å². The Hall–Kier alpha value is -0.570. The fourth-order valence-electron chi connectivity index (χ4n) is 0.332. The first kappa shape index (κ1) is 7.43. The molecule has 1 unspecified atom stereocenters. The third kappa shape index (κ3) is 2.58. The van der Waals surface area contributed by atoms with E-state index in [4.69, 9.17) is 10.5 Å². The van der Waals surface area contributed by atoms with Gasteiger partial charge in [0.05, 0.1) is 0 Å². The molecule has 0 heterocycles. The number of carbonyl (C=O) groups is 1. The number of nitrogens with two attached hydrogens (primary N) is 1. The molecule has 3 nitrogen and oxygen atoms in total. The van der Waals surface area contributed by atoms with Crippen LogP contribution in [0, 0.1) is 0 Å². The summed E-state index contributed by atoms with van der Waals surface area (Å²) < 4.78 is 4.83. The molecular formula is C5H11NO2. The highest BCUT2D eigenvalue weighted by atomic mass is 16.5. The van der Waals surface area contributed by atoms with Crippen LogP contribution in [0.4, 0.5) is 0 Å². The van der Waals surface area contributed by atoms with Gasteiger partial charge in [0, 0.05) is 6.61 Å². The van der Waals surface area contributed by atoms with Crippen LogP contribution in [0.2, 0.25) is 0 Å². The van der Waals surface area contributed by atoms with Crippen LogP contribution in [-0.4, -0.2) is 18.6 Å². The average Bonchev–Trinajstić information content (AvgIpc) is 1.67. The molecule has 0 aromatic rings. The number of carbonyl (C=O) groups excluding carboxylic acids is 1. The minimum absolute atomic E-state index is 0.410. The van der Waals surface area contributed by atoms with Gasteiger partial charge in [-0.05, 0) is 13.8 Å². The Labute approximate surface area is 48.8 Å². The van der Waals surface area contributed by atoms with Crippen molar-refractivity contribution in [1.29, 1.82) is 0 Å². The lowest BCUT2D eigenvalue weighted by Crippen LogP contribution is -2.27. The molecule has 0 saturated carbocycles. The summed E-state index contributed by atoms with van der Waals surface area (Å²) in [5, 5.41) is 0. The molecule has 1 amide bonds. The first-order valence-corrected chi connectivity index (χ1v) is 2.59. The van der Waals surface area contributed by atoms with Gasteiger partial charge in [0.25, 0.3) is 0 Å². The van der Waals surface area contributed by atoms with E-state index < -0.39 is 12.0 Å². The molecule has 0 aromatic carbocycles. The van der Waals surface area contributed by atoms with E-state index in [2.05, 4.69) is 0 Å². The van der Waals surface area contributed by atoms with Gasteiger partial charge in [0.1, 0.15) is 6.10 Å². The molecule has 0 aliphatic heterocycles. The summed E-state index contributed by atoms with van der Waals surface area (Å²) in [5.41, 5.74) is 4.86. The third-order valence-electron chi connectivity index (χ3n) is 0.817. The summed E-state index contributed by atoms with van der Waals surface area (Å²) in [7, 11) is 0. The van der Waals surface area contributed by atoms with Gasteiger partial charge >= 0.3 is 0 Å². The lowest BCUT2D eigenvalue weighted by molar-refractivity contribution is -0.128. The first-order chi connectivity index (χ1) is 3.68. The molecule has 2 N–H and O–H groups in total. The van der Waals surface area contributed by atoms with Crippen molar-refractivity contribution >= 4 is 5.91 Å². The van der Waals surface area contributed by atoms with E-state index in [1.807, 2.05) is 6.92 Å². The van der Waals surface area contributed by atoms with Gasteiger partial charge in [-0.1, -0.05) is 0 Å². The fraction of sp³-hybridized carbons (Fsp3) is 0.800. The van der Waals surface area contributed by atoms with E-state index in [-0.39, 0.29) is 0 Å². The Morgan fingerprint density at radius 3 is 2.50 bits per heavy atom. The number of primary amides is 1. The molecule has 0 spiro atoms. The average molecular weight is 117 g/mol. The maximum atomic E-state index is 10.2. The lowest BCUT2D eigenvalue weighted by Gasteiger charge is -2.04. The van der Waals surface area contributed by atoms with Gasteiger partial charge in [-0.15, -0.1) is 0 Å². The zero-order valence-corrected chi connectivity index (χ0v) is 5.18. The molecule has 1 atom stereocenters. The van der Waals surface area contributed by atoms with Crippen LogP contribution in [0.1, 0.15) is 13.8 Å². The second-order valence-electron chi connectivity index (χ2n) is 1.50. The monoisotopic (exact) mass is 117 g/mol. The number of amides is 1. The number of rotatable bonds is 3. The zero-order valence-electron chi connectivity index (χ0n) is 5.18. The van der Waals surface area contributed by atoms with Gasteiger partial charge in [-0.2, -0.15) is 0 Å². The van der Waals surface area contributed by atoms with Crippen LogP contribution in [0.3, 0.4) is 0 Å². The highest BCUT2D eigenvalue weighted by molar-refractivity contribution is 5.78. The molecule has 0 aliphatic carbocycles. The standard InChI is InChI=1S/C5H11NO2/c1-3-8-4(2)5(6)7/h4H,3H2,1-2H3,(H2,6,7). The van der Waals surface area contributed by atoms with Crippen LogP contribution >= 0.6 is 0 Å². The molecule has 3 heteroatoms. The highest BCUT2D eigenvalue weighted by Gasteiger charge is 2.05. The molecular weight excluding hydrogens is 106 g/mol. The molecule has 0 aliphatic rings. The molecule has 0 bridgehead atoms. The van der Waals surface area contributed by atoms with Gasteiger partial charge in [-0.3, -0.25) is 4.79 Å². The Morgan fingerprint density at radius 2 is 2.38 bits per heavy atom. The zero-order chi connectivity index (χ0) is 6.57. The minimum Gasteiger partial charge on any atom is -0.369 e. The topological polar surface area (TPSA) is 52.3 Å². The van der Waals surface area contributed by atoms with Crippen molar-refractivity contribution in [3.63, 3.8) is 0 Å². The van der Waals surface area contributed by atoms with E-state index in [9.17, 15) is 4.79 Å². The molecule has 8 heavy (non-hydrogen) atoms. The van der Waals surface area contributed by atoms with Crippen LogP contribution in [0.5, 0.6) is 0 Å². The van der Waals surface area contributed by atoms with Gasteiger partial charge < -0.3 is 10.5 Å². The van der Waals surface area contributed by atoms with Crippen molar-refractivity contribution < 1.29 is 9.53 Å². The smallest absolute Gasteiger partial charge is 0.246 e. The van der Waals surface area contributed by atoms with Crippen molar-refractivity contribution in [3.8, 4) is 0 Å². The van der Waals surface area contributed by atoms with Gasteiger partial charge in [0.2, 0.25) is 5.91 Å².